The van der Waals surface area contributed by atoms with Crippen LogP contribution in [-0.4, -0.2) is 18.2 Å². The van der Waals surface area contributed by atoms with E-state index < -0.39 is 0 Å². The molecule has 0 bridgehead atoms. The number of hydrogen-bond acceptors (Lipinski definition) is 3. The van der Waals surface area contributed by atoms with Gasteiger partial charge in [0.15, 0.2) is 0 Å². The van der Waals surface area contributed by atoms with E-state index in [1.54, 1.807) is 12.1 Å². The van der Waals surface area contributed by atoms with Crippen molar-refractivity contribution in [3.63, 3.8) is 0 Å². The lowest BCUT2D eigenvalue weighted by Gasteiger charge is -2.25. The molecule has 1 atom stereocenters. The van der Waals surface area contributed by atoms with E-state index in [2.05, 4.69) is 5.32 Å². The lowest BCUT2D eigenvalue weighted by molar-refractivity contribution is -0.127. The average Bonchev–Trinajstić information content (AvgIpc) is 3.03. The maximum Gasteiger partial charge on any atom is 0.223 e. The Bertz CT molecular complexity index is 910. The molecule has 2 aliphatic rings. The maximum atomic E-state index is 12.2. The van der Waals surface area contributed by atoms with Gasteiger partial charge in [-0.1, -0.05) is 53.4 Å². The first-order valence-electron chi connectivity index (χ1n) is 9.35. The third-order valence-corrected chi connectivity index (χ3v) is 6.12. The fourth-order valence-electron chi connectivity index (χ4n) is 3.52. The van der Waals surface area contributed by atoms with Crippen LogP contribution >= 0.6 is 34.8 Å². The summed E-state index contributed by atoms with van der Waals surface area (Å²) in [4.78, 5) is 12.2. The zero-order valence-electron chi connectivity index (χ0n) is 15.2. The molecule has 1 saturated carbocycles. The molecule has 1 amide bonds. The van der Waals surface area contributed by atoms with Crippen molar-refractivity contribution in [3.05, 3.63) is 63.1 Å². The van der Waals surface area contributed by atoms with Gasteiger partial charge >= 0.3 is 0 Å². The van der Waals surface area contributed by atoms with Gasteiger partial charge < -0.3 is 5.32 Å². The summed E-state index contributed by atoms with van der Waals surface area (Å²) in [6.07, 6.45) is 3.81. The van der Waals surface area contributed by atoms with Gasteiger partial charge in [0, 0.05) is 22.4 Å². The van der Waals surface area contributed by atoms with E-state index in [9.17, 15) is 4.79 Å². The molecule has 1 aliphatic heterocycles. The lowest BCUT2D eigenvalue weighted by atomic mass is 9.85. The Labute approximate surface area is 179 Å². The highest BCUT2D eigenvalue weighted by molar-refractivity contribution is 6.36. The smallest absolute Gasteiger partial charge is 0.223 e. The fraction of sp³-hybridized carbons (Fsp3) is 0.333. The summed E-state index contributed by atoms with van der Waals surface area (Å²) in [5.41, 5.74) is 2.78. The molecule has 0 saturated heterocycles. The Morgan fingerprint density at radius 3 is 2.43 bits per heavy atom. The molecule has 1 unspecified atom stereocenters. The molecule has 4 nitrogen and oxygen atoms in total. The van der Waals surface area contributed by atoms with Gasteiger partial charge in [-0.25, -0.2) is 0 Å². The summed E-state index contributed by atoms with van der Waals surface area (Å²) < 4.78 is 0. The van der Waals surface area contributed by atoms with Crippen LogP contribution in [-0.2, 0) is 4.79 Å². The van der Waals surface area contributed by atoms with Gasteiger partial charge in [-0.15, -0.1) is 0 Å². The number of rotatable bonds is 5. The van der Waals surface area contributed by atoms with Gasteiger partial charge in [0.25, 0.3) is 0 Å². The van der Waals surface area contributed by atoms with Gasteiger partial charge in [-0.3, -0.25) is 9.80 Å². The van der Waals surface area contributed by atoms with Gasteiger partial charge in [0.1, 0.15) is 0 Å². The molecule has 0 spiro atoms. The number of halogens is 3. The van der Waals surface area contributed by atoms with Crippen molar-refractivity contribution in [2.45, 2.75) is 31.7 Å². The third kappa shape index (κ3) is 4.14. The standard InChI is InChI=1S/C21H20Cl3N3O/c22-15-6-4-13(5-7-15)20-11-17(12-25-21(28)14-2-1-3-14)26-27(20)19-9-8-16(23)10-18(19)24/h4-10,14,20H,1-3,11-12H2,(H,25,28). The number of amides is 1. The monoisotopic (exact) mass is 435 g/mol. The number of nitrogens with one attached hydrogen (secondary N) is 1. The van der Waals surface area contributed by atoms with Crippen molar-refractivity contribution in [2.75, 3.05) is 11.6 Å². The van der Waals surface area contributed by atoms with E-state index >= 15 is 0 Å². The van der Waals surface area contributed by atoms with Crippen LogP contribution in [0.25, 0.3) is 0 Å². The molecule has 28 heavy (non-hydrogen) atoms. The minimum Gasteiger partial charge on any atom is -0.350 e. The normalized spacial score (nSPS) is 19.3. The first-order chi connectivity index (χ1) is 13.5. The van der Waals surface area contributed by atoms with Crippen LogP contribution < -0.4 is 10.3 Å². The second kappa shape index (κ2) is 8.32. The average molecular weight is 437 g/mol. The van der Waals surface area contributed by atoms with E-state index in [0.717, 1.165) is 36.2 Å². The Hall–Kier alpha value is -1.75. The van der Waals surface area contributed by atoms with Crippen LogP contribution in [0.2, 0.25) is 15.1 Å². The highest BCUT2D eigenvalue weighted by Crippen LogP contribution is 2.39. The van der Waals surface area contributed by atoms with Crippen LogP contribution in [0.5, 0.6) is 0 Å². The predicted octanol–water partition coefficient (Wildman–Crippen LogP) is 5.87. The molecular weight excluding hydrogens is 417 g/mol. The van der Waals surface area contributed by atoms with Crippen LogP contribution in [0.15, 0.2) is 47.6 Å². The van der Waals surface area contributed by atoms with Crippen molar-refractivity contribution in [1.82, 2.24) is 5.32 Å². The quantitative estimate of drug-likeness (QED) is 0.637. The highest BCUT2D eigenvalue weighted by Gasteiger charge is 2.31. The maximum absolute atomic E-state index is 12.2. The number of hydrazone groups is 1. The summed E-state index contributed by atoms with van der Waals surface area (Å²) in [5.74, 6) is 0.288. The van der Waals surface area contributed by atoms with Gasteiger partial charge in [0.2, 0.25) is 5.91 Å². The predicted molar refractivity (Wildman–Crippen MR) is 116 cm³/mol. The highest BCUT2D eigenvalue weighted by atomic mass is 35.5. The molecule has 2 aromatic rings. The van der Waals surface area contributed by atoms with E-state index in [0.29, 0.717) is 28.0 Å². The van der Waals surface area contributed by atoms with Crippen molar-refractivity contribution >= 4 is 52.1 Å². The molecule has 2 aromatic carbocycles. The van der Waals surface area contributed by atoms with Crippen LogP contribution in [0.4, 0.5) is 5.69 Å². The van der Waals surface area contributed by atoms with Gasteiger partial charge in [-0.2, -0.15) is 5.10 Å². The topological polar surface area (TPSA) is 44.7 Å². The van der Waals surface area contributed by atoms with Crippen molar-refractivity contribution in [1.29, 1.82) is 0 Å². The van der Waals surface area contributed by atoms with Crippen LogP contribution in [0.3, 0.4) is 0 Å². The minimum atomic E-state index is -0.0217. The Morgan fingerprint density at radius 2 is 1.79 bits per heavy atom. The zero-order valence-corrected chi connectivity index (χ0v) is 17.4. The van der Waals surface area contributed by atoms with E-state index in [4.69, 9.17) is 39.9 Å². The molecule has 146 valence electrons. The Balaban J connectivity index is 1.58. The first kappa shape index (κ1) is 19.6. The molecule has 7 heteroatoms. The summed E-state index contributed by atoms with van der Waals surface area (Å²) in [6.45, 7) is 0.446. The summed E-state index contributed by atoms with van der Waals surface area (Å²) in [5, 5.41) is 11.5. The van der Waals surface area contributed by atoms with Crippen LogP contribution in [0.1, 0.15) is 37.3 Å². The van der Waals surface area contributed by atoms with Crippen molar-refractivity contribution in [3.8, 4) is 0 Å². The van der Waals surface area contributed by atoms with Crippen molar-refractivity contribution in [2.24, 2.45) is 11.0 Å². The van der Waals surface area contributed by atoms with Gasteiger partial charge in [0.05, 0.1) is 29.0 Å². The third-order valence-electron chi connectivity index (χ3n) is 5.33. The number of nitrogens with zero attached hydrogens (tertiary/aromatic N) is 2. The fourth-order valence-corrected chi connectivity index (χ4v) is 4.14. The number of benzene rings is 2. The molecule has 1 heterocycles. The van der Waals surface area contributed by atoms with E-state index in [1.165, 1.54) is 0 Å². The summed E-state index contributed by atoms with van der Waals surface area (Å²) in [7, 11) is 0. The molecule has 1 aliphatic carbocycles. The molecule has 0 aromatic heterocycles. The molecular formula is C21H20Cl3N3O. The summed E-state index contributed by atoms with van der Waals surface area (Å²) >= 11 is 18.6. The summed E-state index contributed by atoms with van der Waals surface area (Å²) in [6, 6.07) is 13.1. The van der Waals surface area contributed by atoms with E-state index in [-0.39, 0.29) is 17.9 Å². The minimum absolute atomic E-state index is 0.0217. The molecule has 4 rings (SSSR count). The zero-order chi connectivity index (χ0) is 19.7. The number of hydrogen-bond donors (Lipinski definition) is 1. The van der Waals surface area contributed by atoms with Gasteiger partial charge in [-0.05, 0) is 48.7 Å². The molecule has 1 N–H and O–H groups in total. The largest absolute Gasteiger partial charge is 0.350 e. The van der Waals surface area contributed by atoms with Crippen molar-refractivity contribution < 1.29 is 4.79 Å². The SMILES string of the molecule is O=C(NCC1=NN(c2ccc(Cl)cc2Cl)C(c2ccc(Cl)cc2)C1)C1CCC1. The molecule has 0 radical (unpaired) electrons. The van der Waals surface area contributed by atoms with Crippen LogP contribution in [0, 0.1) is 5.92 Å². The number of anilines is 1. The molecule has 1 fully saturated rings. The number of carbonyl (C=O) groups excluding carboxylic acids is 1. The van der Waals surface area contributed by atoms with E-state index in [1.807, 2.05) is 35.3 Å². The second-order valence-electron chi connectivity index (χ2n) is 7.22. The lowest BCUT2D eigenvalue weighted by Crippen LogP contribution is -2.37. The first-order valence-corrected chi connectivity index (χ1v) is 10.5. The second-order valence-corrected chi connectivity index (χ2v) is 8.50. The number of carbonyl (C=O) groups is 1. The Morgan fingerprint density at radius 1 is 1.07 bits per heavy atom. The Kier molecular flexibility index (Phi) is 5.81.